The number of carboxylic acid groups (broad SMARTS) is 1. The summed E-state index contributed by atoms with van der Waals surface area (Å²) in [6, 6.07) is 12.7. The predicted octanol–water partition coefficient (Wildman–Crippen LogP) is 3.28. The fourth-order valence-corrected chi connectivity index (χ4v) is 2.92. The Bertz CT molecular complexity index is 799. The average molecular weight is 334 g/mol. The van der Waals surface area contributed by atoms with Gasteiger partial charge in [0.2, 0.25) is 0 Å². The Balaban J connectivity index is 2.13. The normalized spacial score (nSPS) is 11.3. The van der Waals surface area contributed by atoms with Crippen LogP contribution in [0.1, 0.15) is 35.7 Å². The molecule has 0 aliphatic carbocycles. The van der Waals surface area contributed by atoms with E-state index in [4.69, 9.17) is 5.11 Å². The van der Waals surface area contributed by atoms with Crippen LogP contribution in [0.3, 0.4) is 0 Å². The summed E-state index contributed by atoms with van der Waals surface area (Å²) in [6.45, 7) is 4.10. The number of hydrogen-bond donors (Lipinski definition) is 3. The van der Waals surface area contributed by atoms with Gasteiger partial charge in [-0.05, 0) is 41.8 Å². The summed E-state index contributed by atoms with van der Waals surface area (Å²) in [5, 5.41) is 8.92. The molecule has 0 bridgehead atoms. The second-order valence-corrected chi connectivity index (χ2v) is 6.79. The maximum atomic E-state index is 12.1. The lowest BCUT2D eigenvalue weighted by Crippen LogP contribution is -2.21. The molecule has 0 spiro atoms. The summed E-state index contributed by atoms with van der Waals surface area (Å²) in [6.07, 6.45) is 0. The standard InChI is InChI=1S/C16H18N2O4S/c1-11(2)12-6-8-14(9-7-12)17-23(21,22)18-15-5-3-4-13(10-15)16(19)20/h3-11,17-18H,1-2H3,(H,19,20). The van der Waals surface area contributed by atoms with E-state index in [9.17, 15) is 13.2 Å². The molecule has 3 N–H and O–H groups in total. The molecule has 0 amide bonds. The van der Waals surface area contributed by atoms with Crippen molar-refractivity contribution in [2.75, 3.05) is 9.44 Å². The number of carbonyl (C=O) groups is 1. The first-order chi connectivity index (χ1) is 10.8. The molecule has 0 heterocycles. The minimum atomic E-state index is -3.86. The van der Waals surface area contributed by atoms with Crippen LogP contribution in [-0.2, 0) is 10.2 Å². The summed E-state index contributed by atoms with van der Waals surface area (Å²) >= 11 is 0. The van der Waals surface area contributed by atoms with E-state index in [0.29, 0.717) is 11.6 Å². The molecule has 2 rings (SSSR count). The highest BCUT2D eigenvalue weighted by atomic mass is 32.2. The molecule has 122 valence electrons. The van der Waals surface area contributed by atoms with Crippen molar-refractivity contribution in [1.29, 1.82) is 0 Å². The second kappa shape index (κ2) is 6.70. The molecule has 0 saturated carbocycles. The molecule has 6 nitrogen and oxygen atoms in total. The molecule has 7 heteroatoms. The SMILES string of the molecule is CC(C)c1ccc(NS(=O)(=O)Nc2cccc(C(=O)O)c2)cc1. The molecule has 0 aliphatic heterocycles. The van der Waals surface area contributed by atoms with E-state index in [1.165, 1.54) is 24.3 Å². The topological polar surface area (TPSA) is 95.5 Å². The minimum Gasteiger partial charge on any atom is -0.478 e. The Labute approximate surface area is 135 Å². The zero-order valence-electron chi connectivity index (χ0n) is 12.8. The molecule has 0 aromatic heterocycles. The van der Waals surface area contributed by atoms with E-state index in [1.54, 1.807) is 12.1 Å². The second-order valence-electron chi connectivity index (χ2n) is 5.37. The van der Waals surface area contributed by atoms with E-state index < -0.39 is 16.2 Å². The van der Waals surface area contributed by atoms with E-state index >= 15 is 0 Å². The maximum absolute atomic E-state index is 12.1. The van der Waals surface area contributed by atoms with E-state index in [0.717, 1.165) is 5.56 Å². The zero-order valence-corrected chi connectivity index (χ0v) is 13.6. The summed E-state index contributed by atoms with van der Waals surface area (Å²) < 4.78 is 28.9. The van der Waals surface area contributed by atoms with Gasteiger partial charge in [-0.2, -0.15) is 8.42 Å². The van der Waals surface area contributed by atoms with Gasteiger partial charge in [0.25, 0.3) is 0 Å². The number of anilines is 2. The van der Waals surface area contributed by atoms with E-state index in [1.807, 2.05) is 12.1 Å². The van der Waals surface area contributed by atoms with Crippen molar-refractivity contribution in [2.45, 2.75) is 19.8 Å². The van der Waals surface area contributed by atoms with Gasteiger partial charge in [0.15, 0.2) is 0 Å². The van der Waals surface area contributed by atoms with Gasteiger partial charge >= 0.3 is 16.2 Å². The van der Waals surface area contributed by atoms with Crippen LogP contribution in [0, 0.1) is 0 Å². The van der Waals surface area contributed by atoms with Gasteiger partial charge in [0.1, 0.15) is 0 Å². The first kappa shape index (κ1) is 16.8. The number of carboxylic acids is 1. The van der Waals surface area contributed by atoms with Crippen molar-refractivity contribution in [3.63, 3.8) is 0 Å². The zero-order chi connectivity index (χ0) is 17.0. The lowest BCUT2D eigenvalue weighted by Gasteiger charge is -2.12. The molecular formula is C16H18N2O4S. The van der Waals surface area contributed by atoms with Crippen molar-refractivity contribution in [3.8, 4) is 0 Å². The van der Waals surface area contributed by atoms with Crippen molar-refractivity contribution >= 4 is 27.6 Å². The van der Waals surface area contributed by atoms with Gasteiger partial charge in [-0.3, -0.25) is 9.44 Å². The molecular weight excluding hydrogens is 316 g/mol. The highest BCUT2D eigenvalue weighted by Crippen LogP contribution is 2.19. The lowest BCUT2D eigenvalue weighted by molar-refractivity contribution is 0.0697. The highest BCUT2D eigenvalue weighted by Gasteiger charge is 2.12. The van der Waals surface area contributed by atoms with Gasteiger partial charge in [-0.1, -0.05) is 32.0 Å². The molecule has 23 heavy (non-hydrogen) atoms. The third-order valence-electron chi connectivity index (χ3n) is 3.19. The molecule has 0 unspecified atom stereocenters. The Hall–Kier alpha value is -2.54. The molecule has 0 atom stereocenters. The molecule has 0 saturated heterocycles. The summed E-state index contributed by atoms with van der Waals surface area (Å²) in [5.41, 5.74) is 1.72. The first-order valence-electron chi connectivity index (χ1n) is 7.01. The maximum Gasteiger partial charge on any atom is 0.335 e. The molecule has 0 aliphatic rings. The molecule has 0 fully saturated rings. The molecule has 2 aromatic rings. The monoisotopic (exact) mass is 334 g/mol. The van der Waals surface area contributed by atoms with Crippen molar-refractivity contribution < 1.29 is 18.3 Å². The van der Waals surface area contributed by atoms with Gasteiger partial charge in [0, 0.05) is 0 Å². The van der Waals surface area contributed by atoms with Crippen LogP contribution >= 0.6 is 0 Å². The predicted molar refractivity (Wildman–Crippen MR) is 90.1 cm³/mol. The van der Waals surface area contributed by atoms with Gasteiger partial charge in [-0.25, -0.2) is 4.79 Å². The van der Waals surface area contributed by atoms with Crippen LogP contribution in [0.2, 0.25) is 0 Å². The minimum absolute atomic E-state index is 0.00601. The van der Waals surface area contributed by atoms with Crippen LogP contribution in [0.5, 0.6) is 0 Å². The number of nitrogens with one attached hydrogen (secondary N) is 2. The van der Waals surface area contributed by atoms with Gasteiger partial charge < -0.3 is 5.11 Å². The Morgan fingerprint density at radius 1 is 1.00 bits per heavy atom. The number of rotatable bonds is 6. The quantitative estimate of drug-likeness (QED) is 0.755. The summed E-state index contributed by atoms with van der Waals surface area (Å²) in [5.74, 6) is -0.763. The first-order valence-corrected chi connectivity index (χ1v) is 8.49. The van der Waals surface area contributed by atoms with Crippen molar-refractivity contribution in [3.05, 3.63) is 59.7 Å². The van der Waals surface area contributed by atoms with Gasteiger partial charge in [-0.15, -0.1) is 0 Å². The summed E-state index contributed by atoms with van der Waals surface area (Å²) in [7, 11) is -3.86. The number of hydrogen-bond acceptors (Lipinski definition) is 3. The molecule has 2 aromatic carbocycles. The fraction of sp³-hybridized carbons (Fsp3) is 0.188. The average Bonchev–Trinajstić information content (AvgIpc) is 2.47. The third kappa shape index (κ3) is 4.72. The van der Waals surface area contributed by atoms with Crippen LogP contribution in [0.4, 0.5) is 11.4 Å². The van der Waals surface area contributed by atoms with Crippen LogP contribution in [0.25, 0.3) is 0 Å². The van der Waals surface area contributed by atoms with Crippen molar-refractivity contribution in [1.82, 2.24) is 0 Å². The Morgan fingerprint density at radius 2 is 1.61 bits per heavy atom. The summed E-state index contributed by atoms with van der Waals surface area (Å²) in [4.78, 5) is 10.9. The van der Waals surface area contributed by atoms with Crippen molar-refractivity contribution in [2.24, 2.45) is 0 Å². The van der Waals surface area contributed by atoms with Gasteiger partial charge in [0.05, 0.1) is 16.9 Å². The van der Waals surface area contributed by atoms with E-state index in [-0.39, 0.29) is 11.3 Å². The Kier molecular flexibility index (Phi) is 4.90. The smallest absolute Gasteiger partial charge is 0.335 e. The van der Waals surface area contributed by atoms with Crippen LogP contribution in [-0.4, -0.2) is 19.5 Å². The highest BCUT2D eigenvalue weighted by molar-refractivity contribution is 7.94. The number of benzene rings is 2. The van der Waals surface area contributed by atoms with Crippen LogP contribution in [0.15, 0.2) is 48.5 Å². The number of aromatic carboxylic acids is 1. The molecule has 0 radical (unpaired) electrons. The Morgan fingerprint density at radius 3 is 2.17 bits per heavy atom. The third-order valence-corrected chi connectivity index (χ3v) is 4.20. The van der Waals surface area contributed by atoms with Crippen LogP contribution < -0.4 is 9.44 Å². The largest absolute Gasteiger partial charge is 0.478 e. The lowest BCUT2D eigenvalue weighted by atomic mass is 10.0. The fourth-order valence-electron chi connectivity index (χ4n) is 1.99. The van der Waals surface area contributed by atoms with E-state index in [2.05, 4.69) is 23.3 Å².